The Bertz CT molecular complexity index is 1290. The van der Waals surface area contributed by atoms with Crippen molar-refractivity contribution in [2.45, 2.75) is 19.0 Å². The molecular formula is C18H20F3N7O2S2. The number of anilines is 2. The first-order valence-electron chi connectivity index (χ1n) is 9.83. The van der Waals surface area contributed by atoms with Gasteiger partial charge in [0.2, 0.25) is 20.1 Å². The number of halogens is 3. The fourth-order valence-corrected chi connectivity index (χ4v) is 6.08. The van der Waals surface area contributed by atoms with Crippen LogP contribution in [0, 0.1) is 5.41 Å². The number of imidazole rings is 1. The van der Waals surface area contributed by atoms with Gasteiger partial charge >= 0.3 is 6.18 Å². The van der Waals surface area contributed by atoms with Gasteiger partial charge in [0.05, 0.1) is 23.7 Å². The average Bonchev–Trinajstić information content (AvgIpc) is 3.26. The van der Waals surface area contributed by atoms with Crippen LogP contribution < -0.4 is 10.6 Å². The summed E-state index contributed by atoms with van der Waals surface area (Å²) < 4.78 is 66.1. The maximum Gasteiger partial charge on any atom is 0.419 e. The van der Waals surface area contributed by atoms with Gasteiger partial charge in [-0.3, -0.25) is 0 Å². The maximum atomic E-state index is 13.2. The third kappa shape index (κ3) is 3.59. The SMILES string of the molecule is CS(=O)(=O)N1CCC2(CC1)CN(c1nn3c(-c4cnc(N)c(C(F)(F)F)c4)cnc3s1)C2. The molecule has 0 unspecified atom stereocenters. The van der Waals surface area contributed by atoms with Crippen molar-refractivity contribution < 1.29 is 21.6 Å². The molecule has 14 heteroatoms. The van der Waals surface area contributed by atoms with E-state index in [0.717, 1.165) is 37.1 Å². The molecule has 0 saturated carbocycles. The summed E-state index contributed by atoms with van der Waals surface area (Å²) in [6, 6.07) is 0.957. The zero-order chi connectivity index (χ0) is 22.9. The van der Waals surface area contributed by atoms with Crippen LogP contribution in [0.25, 0.3) is 16.2 Å². The van der Waals surface area contributed by atoms with Gasteiger partial charge in [-0.25, -0.2) is 27.2 Å². The summed E-state index contributed by atoms with van der Waals surface area (Å²) in [5, 5.41) is 5.30. The molecule has 2 saturated heterocycles. The highest BCUT2D eigenvalue weighted by molar-refractivity contribution is 7.88. The Morgan fingerprint density at radius 1 is 1.16 bits per heavy atom. The van der Waals surface area contributed by atoms with E-state index in [9.17, 15) is 21.6 Å². The van der Waals surface area contributed by atoms with Crippen LogP contribution in [0.15, 0.2) is 18.5 Å². The third-order valence-corrected chi connectivity index (χ3v) is 8.46. The van der Waals surface area contributed by atoms with Crippen molar-refractivity contribution in [3.63, 3.8) is 0 Å². The Morgan fingerprint density at radius 3 is 2.47 bits per heavy atom. The van der Waals surface area contributed by atoms with Gasteiger partial charge < -0.3 is 10.6 Å². The number of nitrogens with two attached hydrogens (primary N) is 1. The van der Waals surface area contributed by atoms with Crippen molar-refractivity contribution in [1.82, 2.24) is 23.9 Å². The largest absolute Gasteiger partial charge is 0.419 e. The molecule has 5 heterocycles. The van der Waals surface area contributed by atoms with Crippen LogP contribution in [0.3, 0.4) is 0 Å². The minimum Gasteiger partial charge on any atom is -0.383 e. The smallest absolute Gasteiger partial charge is 0.383 e. The summed E-state index contributed by atoms with van der Waals surface area (Å²) in [6.45, 7) is 2.56. The third-order valence-electron chi connectivity index (χ3n) is 6.17. The van der Waals surface area contributed by atoms with E-state index in [1.54, 1.807) is 0 Å². The molecule has 0 aromatic carbocycles. The number of rotatable bonds is 3. The quantitative estimate of drug-likeness (QED) is 0.604. The van der Waals surface area contributed by atoms with Crippen LogP contribution in [0.5, 0.6) is 0 Å². The summed E-state index contributed by atoms with van der Waals surface area (Å²) in [7, 11) is -3.17. The van der Waals surface area contributed by atoms with E-state index in [2.05, 4.69) is 20.0 Å². The Labute approximate surface area is 185 Å². The highest BCUT2D eigenvalue weighted by atomic mass is 32.2. The van der Waals surface area contributed by atoms with Crippen LogP contribution in [0.4, 0.5) is 24.1 Å². The number of fused-ring (bicyclic) bond motifs is 1. The lowest BCUT2D eigenvalue weighted by Crippen LogP contribution is -2.60. The Morgan fingerprint density at radius 2 is 1.84 bits per heavy atom. The minimum atomic E-state index is -4.61. The summed E-state index contributed by atoms with van der Waals surface area (Å²) in [6.07, 6.45) is 0.955. The van der Waals surface area contributed by atoms with Gasteiger partial charge in [0.25, 0.3) is 0 Å². The number of sulfonamides is 1. The van der Waals surface area contributed by atoms with Crippen LogP contribution in [-0.2, 0) is 16.2 Å². The van der Waals surface area contributed by atoms with E-state index < -0.39 is 27.6 Å². The highest BCUT2D eigenvalue weighted by Crippen LogP contribution is 2.44. The van der Waals surface area contributed by atoms with Gasteiger partial charge in [-0.15, -0.1) is 5.10 Å². The lowest BCUT2D eigenvalue weighted by Gasteiger charge is -2.53. The summed E-state index contributed by atoms with van der Waals surface area (Å²) in [5.74, 6) is -0.575. The van der Waals surface area contributed by atoms with E-state index in [0.29, 0.717) is 23.7 Å². The van der Waals surface area contributed by atoms with Crippen molar-refractivity contribution in [3.8, 4) is 11.3 Å². The monoisotopic (exact) mass is 487 g/mol. The molecule has 9 nitrogen and oxygen atoms in total. The number of piperidine rings is 1. The number of pyridine rings is 1. The molecule has 1 spiro atoms. The molecule has 172 valence electrons. The predicted molar refractivity (Wildman–Crippen MR) is 114 cm³/mol. The van der Waals surface area contributed by atoms with E-state index in [4.69, 9.17) is 5.73 Å². The molecule has 0 aliphatic carbocycles. The molecule has 32 heavy (non-hydrogen) atoms. The molecule has 0 amide bonds. The first kappa shape index (κ1) is 21.4. The van der Waals surface area contributed by atoms with Crippen LogP contribution in [0.2, 0.25) is 0 Å². The number of nitrogens with zero attached hydrogens (tertiary/aromatic N) is 6. The predicted octanol–water partition coefficient (Wildman–Crippen LogP) is 2.32. The number of hydrogen-bond acceptors (Lipinski definition) is 8. The molecule has 2 aliphatic rings. The molecule has 0 atom stereocenters. The van der Waals surface area contributed by atoms with E-state index >= 15 is 0 Å². The Hall–Kier alpha value is -2.45. The van der Waals surface area contributed by atoms with Gasteiger partial charge in [0, 0.05) is 43.4 Å². The van der Waals surface area contributed by atoms with Gasteiger partial charge in [0.15, 0.2) is 0 Å². The van der Waals surface area contributed by atoms with Crippen molar-refractivity contribution in [2.24, 2.45) is 5.41 Å². The lowest BCUT2D eigenvalue weighted by atomic mass is 9.73. The molecule has 2 aliphatic heterocycles. The van der Waals surface area contributed by atoms with Crippen molar-refractivity contribution in [3.05, 3.63) is 24.0 Å². The van der Waals surface area contributed by atoms with Crippen LogP contribution >= 0.6 is 11.3 Å². The van der Waals surface area contributed by atoms with Gasteiger partial charge in [-0.05, 0) is 18.9 Å². The average molecular weight is 488 g/mol. The summed E-state index contributed by atoms with van der Waals surface area (Å²) in [4.78, 5) is 10.6. The molecule has 3 aromatic heterocycles. The number of hydrogen-bond donors (Lipinski definition) is 1. The number of alkyl halides is 3. The molecule has 0 bridgehead atoms. The fraction of sp³-hybridized carbons (Fsp3) is 0.500. The normalized spacial score (nSPS) is 19.6. The highest BCUT2D eigenvalue weighted by Gasteiger charge is 2.47. The molecule has 0 radical (unpaired) electrons. The summed E-state index contributed by atoms with van der Waals surface area (Å²) in [5.41, 5.74) is 5.10. The number of aromatic nitrogens is 4. The van der Waals surface area contributed by atoms with Crippen molar-refractivity contribution >= 4 is 37.3 Å². The lowest BCUT2D eigenvalue weighted by molar-refractivity contribution is -0.137. The van der Waals surface area contributed by atoms with Gasteiger partial charge in [-0.2, -0.15) is 13.2 Å². The zero-order valence-electron chi connectivity index (χ0n) is 17.0. The second kappa shape index (κ2) is 7.02. The second-order valence-electron chi connectivity index (χ2n) is 8.40. The Kier molecular flexibility index (Phi) is 4.70. The number of nitrogen functional groups attached to an aromatic ring is 1. The van der Waals surface area contributed by atoms with E-state index in [1.165, 1.54) is 38.8 Å². The fourth-order valence-electron chi connectivity index (χ4n) is 4.36. The van der Waals surface area contributed by atoms with Crippen molar-refractivity contribution in [1.29, 1.82) is 0 Å². The first-order chi connectivity index (χ1) is 15.0. The van der Waals surface area contributed by atoms with Crippen molar-refractivity contribution in [2.75, 3.05) is 43.1 Å². The standard InChI is InChI=1S/C18H20F3N7O2S2/c1-32(29,30)27-4-2-17(3-5-27)9-26(10-17)16-25-28-13(8-24-15(28)31-16)11-6-12(18(19,20)21)14(22)23-7-11/h6-8H,2-5,9-10H2,1H3,(H2,22,23). The minimum absolute atomic E-state index is 0.0697. The zero-order valence-corrected chi connectivity index (χ0v) is 18.6. The second-order valence-corrected chi connectivity index (χ2v) is 11.3. The first-order valence-corrected chi connectivity index (χ1v) is 12.5. The van der Waals surface area contributed by atoms with E-state index in [-0.39, 0.29) is 11.0 Å². The molecule has 2 fully saturated rings. The maximum absolute atomic E-state index is 13.2. The molecule has 2 N–H and O–H groups in total. The molecule has 3 aromatic rings. The Balaban J connectivity index is 1.35. The van der Waals surface area contributed by atoms with Gasteiger partial charge in [-0.1, -0.05) is 11.3 Å². The van der Waals surface area contributed by atoms with Gasteiger partial charge in [0.1, 0.15) is 5.82 Å². The topological polar surface area (TPSA) is 110 Å². The van der Waals surface area contributed by atoms with Crippen LogP contribution in [0.1, 0.15) is 18.4 Å². The summed E-state index contributed by atoms with van der Waals surface area (Å²) >= 11 is 1.35. The van der Waals surface area contributed by atoms with E-state index in [1.807, 2.05) is 0 Å². The molecule has 5 rings (SSSR count). The molecular weight excluding hydrogens is 467 g/mol. The van der Waals surface area contributed by atoms with Crippen LogP contribution in [-0.4, -0.2) is 64.7 Å².